The maximum absolute atomic E-state index is 13.7. The fourth-order valence-electron chi connectivity index (χ4n) is 4.97. The van der Waals surface area contributed by atoms with E-state index in [-0.39, 0.29) is 28.0 Å². The van der Waals surface area contributed by atoms with Gasteiger partial charge in [0.1, 0.15) is 11.5 Å². The van der Waals surface area contributed by atoms with Crippen molar-refractivity contribution in [2.24, 2.45) is 4.99 Å². The van der Waals surface area contributed by atoms with Gasteiger partial charge in [0.2, 0.25) is 5.95 Å². The van der Waals surface area contributed by atoms with Crippen LogP contribution in [-0.2, 0) is 24.3 Å². The lowest BCUT2D eigenvalue weighted by molar-refractivity contribution is -0.119. The Bertz CT molecular complexity index is 2230. The lowest BCUT2D eigenvalue weighted by Gasteiger charge is -2.19. The van der Waals surface area contributed by atoms with Crippen molar-refractivity contribution in [2.45, 2.75) is 4.90 Å². The van der Waals surface area contributed by atoms with Gasteiger partial charge in [-0.3, -0.25) is 14.5 Å². The number of esters is 1. The van der Waals surface area contributed by atoms with E-state index >= 15 is 0 Å². The third-order valence-corrected chi connectivity index (χ3v) is 8.88. The summed E-state index contributed by atoms with van der Waals surface area (Å²) in [5.74, 6) is -1.35. The molecule has 256 valence electrons. The van der Waals surface area contributed by atoms with E-state index in [2.05, 4.69) is 20.0 Å². The van der Waals surface area contributed by atoms with Crippen LogP contribution in [0.25, 0.3) is 6.08 Å². The molecule has 0 fully saturated rings. The normalized spacial score (nSPS) is 13.5. The standard InChI is InChI=1S/C37H31N7O6S/c1-43(2)29-15-9-25(10-16-29)23-32-35(46)44(34(41-32)26-7-4-3-5-8-26)30-17-11-27(12-18-30)36(47)50-24-33(45)40-28-13-19-31(20-14-28)51(48,49)42-37-38-21-6-22-39-37/h3-23H,24H2,1-2H3,(H,40,45)(H,38,39,42)/b32-23-. The summed E-state index contributed by atoms with van der Waals surface area (Å²) in [5, 5.41) is 2.56. The first kappa shape index (κ1) is 34.2. The number of carbonyl (C=O) groups excluding carboxylic acids is 3. The van der Waals surface area contributed by atoms with E-state index in [9.17, 15) is 22.8 Å². The SMILES string of the molecule is CN(C)c1ccc(/C=C2\N=C(c3ccccc3)N(c3ccc(C(=O)OCC(=O)Nc4ccc(S(=O)(=O)Nc5ncccn5)cc4)cc3)C2=O)cc1. The smallest absolute Gasteiger partial charge is 0.338 e. The number of rotatable bonds is 11. The van der Waals surface area contributed by atoms with E-state index in [1.807, 2.05) is 73.6 Å². The van der Waals surface area contributed by atoms with Crippen LogP contribution in [0.15, 0.2) is 137 Å². The number of carbonyl (C=O) groups is 3. The molecular weight excluding hydrogens is 671 g/mol. The molecule has 0 saturated carbocycles. The summed E-state index contributed by atoms with van der Waals surface area (Å²) in [7, 11) is -0.0452. The first-order valence-corrected chi connectivity index (χ1v) is 17.0. The van der Waals surface area contributed by atoms with Crippen LogP contribution in [0.1, 0.15) is 21.5 Å². The van der Waals surface area contributed by atoms with Crippen molar-refractivity contribution in [1.82, 2.24) is 9.97 Å². The number of anilines is 4. The van der Waals surface area contributed by atoms with Gasteiger partial charge in [0.15, 0.2) is 6.61 Å². The Balaban J connectivity index is 1.09. The van der Waals surface area contributed by atoms with Crippen LogP contribution in [0.2, 0.25) is 0 Å². The van der Waals surface area contributed by atoms with E-state index < -0.39 is 28.5 Å². The molecule has 51 heavy (non-hydrogen) atoms. The lowest BCUT2D eigenvalue weighted by Crippen LogP contribution is -2.32. The largest absolute Gasteiger partial charge is 0.452 e. The van der Waals surface area contributed by atoms with Gasteiger partial charge in [-0.05, 0) is 78.4 Å². The Kier molecular flexibility index (Phi) is 9.95. The van der Waals surface area contributed by atoms with Gasteiger partial charge in [0, 0.05) is 43.4 Å². The van der Waals surface area contributed by atoms with E-state index in [0.717, 1.165) is 16.8 Å². The molecule has 0 saturated heterocycles. The number of sulfonamides is 1. The molecule has 0 radical (unpaired) electrons. The minimum atomic E-state index is -3.95. The van der Waals surface area contributed by atoms with Crippen molar-refractivity contribution < 1.29 is 27.5 Å². The van der Waals surface area contributed by atoms with Crippen molar-refractivity contribution in [1.29, 1.82) is 0 Å². The van der Waals surface area contributed by atoms with Gasteiger partial charge < -0.3 is 15.0 Å². The monoisotopic (exact) mass is 701 g/mol. The number of benzene rings is 4. The number of hydrogen-bond acceptors (Lipinski definition) is 10. The third kappa shape index (κ3) is 8.14. The van der Waals surface area contributed by atoms with Gasteiger partial charge in [-0.2, -0.15) is 0 Å². The van der Waals surface area contributed by atoms with Crippen molar-refractivity contribution in [2.75, 3.05) is 40.5 Å². The van der Waals surface area contributed by atoms with E-state index in [0.29, 0.717) is 17.2 Å². The number of nitrogens with zero attached hydrogens (tertiary/aromatic N) is 5. The summed E-state index contributed by atoms with van der Waals surface area (Å²) in [6.07, 6.45) is 4.54. The average molecular weight is 702 g/mol. The molecule has 2 amide bonds. The molecule has 1 aromatic heterocycles. The quantitative estimate of drug-likeness (QED) is 0.143. The number of ether oxygens (including phenoxy) is 1. The number of hydrogen-bond donors (Lipinski definition) is 2. The Hall–Kier alpha value is -6.67. The fourth-order valence-corrected chi connectivity index (χ4v) is 5.93. The van der Waals surface area contributed by atoms with Crippen LogP contribution in [0.4, 0.5) is 23.0 Å². The summed E-state index contributed by atoms with van der Waals surface area (Å²) in [6, 6.07) is 30.2. The second-order valence-corrected chi connectivity index (χ2v) is 13.0. The Morgan fingerprint density at radius 3 is 2.16 bits per heavy atom. The molecule has 4 aromatic carbocycles. The number of aromatic nitrogens is 2. The molecule has 6 rings (SSSR count). The summed E-state index contributed by atoms with van der Waals surface area (Å²) < 4.78 is 32.6. The molecule has 0 bridgehead atoms. The molecule has 5 aromatic rings. The van der Waals surface area contributed by atoms with Gasteiger partial charge in [0.05, 0.1) is 16.1 Å². The number of amides is 2. The predicted octanol–water partition coefficient (Wildman–Crippen LogP) is 4.97. The van der Waals surface area contributed by atoms with Crippen molar-refractivity contribution in [3.63, 3.8) is 0 Å². The minimum Gasteiger partial charge on any atom is -0.452 e. The molecule has 1 aliphatic rings. The first-order valence-electron chi connectivity index (χ1n) is 15.5. The summed E-state index contributed by atoms with van der Waals surface area (Å²) in [6.45, 7) is -0.591. The van der Waals surface area contributed by atoms with E-state index in [1.54, 1.807) is 24.3 Å². The Labute approximate surface area is 294 Å². The lowest BCUT2D eigenvalue weighted by atomic mass is 10.1. The molecule has 0 aliphatic carbocycles. The zero-order chi connectivity index (χ0) is 36.0. The minimum absolute atomic E-state index is 0.0669. The molecule has 0 spiro atoms. The highest BCUT2D eigenvalue weighted by Gasteiger charge is 2.32. The third-order valence-electron chi connectivity index (χ3n) is 7.54. The summed E-state index contributed by atoms with van der Waals surface area (Å²) in [4.78, 5) is 54.8. The molecule has 13 nitrogen and oxygen atoms in total. The Morgan fingerprint density at radius 1 is 0.843 bits per heavy atom. The maximum Gasteiger partial charge on any atom is 0.338 e. The van der Waals surface area contributed by atoms with Crippen LogP contribution in [0.3, 0.4) is 0 Å². The summed E-state index contributed by atoms with van der Waals surface area (Å²) >= 11 is 0. The highest BCUT2D eigenvalue weighted by atomic mass is 32.2. The van der Waals surface area contributed by atoms with E-state index in [4.69, 9.17) is 9.73 Å². The second-order valence-electron chi connectivity index (χ2n) is 11.3. The molecule has 0 atom stereocenters. The topological polar surface area (TPSA) is 163 Å². The van der Waals surface area contributed by atoms with Crippen LogP contribution < -0.4 is 19.8 Å². The second kappa shape index (κ2) is 14.8. The highest BCUT2D eigenvalue weighted by molar-refractivity contribution is 7.92. The fraction of sp³-hybridized carbons (Fsp3) is 0.0811. The zero-order valence-corrected chi connectivity index (χ0v) is 28.2. The van der Waals surface area contributed by atoms with Crippen LogP contribution in [0.5, 0.6) is 0 Å². The van der Waals surface area contributed by atoms with Gasteiger partial charge in [-0.1, -0.05) is 42.5 Å². The van der Waals surface area contributed by atoms with Crippen molar-refractivity contribution in [3.8, 4) is 0 Å². The van der Waals surface area contributed by atoms with Crippen LogP contribution in [-0.4, -0.2) is 62.7 Å². The molecule has 2 heterocycles. The number of amidine groups is 1. The molecule has 14 heteroatoms. The predicted molar refractivity (Wildman–Crippen MR) is 194 cm³/mol. The number of nitrogens with one attached hydrogen (secondary N) is 2. The van der Waals surface area contributed by atoms with Gasteiger partial charge in [0.25, 0.3) is 21.8 Å². The number of aliphatic imine (C=N–C) groups is 1. The zero-order valence-electron chi connectivity index (χ0n) is 27.4. The molecule has 2 N–H and O–H groups in total. The molecule has 0 unspecified atom stereocenters. The average Bonchev–Trinajstić information content (AvgIpc) is 3.46. The van der Waals surface area contributed by atoms with Gasteiger partial charge in [-0.15, -0.1) is 0 Å². The van der Waals surface area contributed by atoms with Crippen molar-refractivity contribution >= 4 is 62.7 Å². The van der Waals surface area contributed by atoms with Crippen molar-refractivity contribution in [3.05, 3.63) is 144 Å². The van der Waals surface area contributed by atoms with Gasteiger partial charge in [-0.25, -0.2) is 32.9 Å². The van der Waals surface area contributed by atoms with E-state index in [1.165, 1.54) is 53.7 Å². The molecule has 1 aliphatic heterocycles. The van der Waals surface area contributed by atoms with Crippen LogP contribution >= 0.6 is 0 Å². The summed E-state index contributed by atoms with van der Waals surface area (Å²) in [5.41, 5.74) is 3.79. The van der Waals surface area contributed by atoms with Gasteiger partial charge >= 0.3 is 5.97 Å². The Morgan fingerprint density at radius 2 is 1.51 bits per heavy atom. The first-order chi connectivity index (χ1) is 24.6. The molecular formula is C37H31N7O6S. The highest BCUT2D eigenvalue weighted by Crippen LogP contribution is 2.29. The van der Waals surface area contributed by atoms with Crippen LogP contribution in [0, 0.1) is 0 Å². The maximum atomic E-state index is 13.7.